The molecule has 0 spiro atoms. The van der Waals surface area contributed by atoms with E-state index >= 15 is 4.39 Å². The van der Waals surface area contributed by atoms with Gasteiger partial charge in [0.25, 0.3) is 5.91 Å². The zero-order chi connectivity index (χ0) is 28.9. The van der Waals surface area contributed by atoms with Crippen LogP contribution in [0.25, 0.3) is 5.76 Å². The van der Waals surface area contributed by atoms with E-state index in [1.54, 1.807) is 0 Å². The average molecular weight is 544 g/mol. The Kier molecular flexibility index (Phi) is 6.02. The number of ketones is 2. The third kappa shape index (κ3) is 3.59. The largest absolute Gasteiger partial charge is 0.508 e. The van der Waals surface area contributed by atoms with E-state index in [4.69, 9.17) is 5.73 Å². The van der Waals surface area contributed by atoms with Crippen LogP contribution in [-0.2, 0) is 33.8 Å². The number of hydrogen-bond donors (Lipinski definition) is 5. The molecule has 6 N–H and O–H groups in total. The number of amides is 1. The second-order valence-electron chi connectivity index (χ2n) is 12.3. The first-order valence-corrected chi connectivity index (χ1v) is 13.0. The summed E-state index contributed by atoms with van der Waals surface area (Å²) in [7, 11) is 3.05. The monoisotopic (exact) mass is 543 g/mol. The Morgan fingerprint density at radius 3 is 2.33 bits per heavy atom. The number of aliphatic hydroxyl groups excluding tert-OH is 2. The fraction of sp³-hybridized carbons (Fsp3) is 0.536. The highest BCUT2D eigenvalue weighted by Crippen LogP contribution is 2.54. The van der Waals surface area contributed by atoms with Gasteiger partial charge in [-0.2, -0.15) is 0 Å². The Bertz CT molecular complexity index is 1410. The second kappa shape index (κ2) is 8.61. The summed E-state index contributed by atoms with van der Waals surface area (Å²) in [5.74, 6) is -7.97. The molecule has 1 amide bonds. The number of phenols is 1. The smallest absolute Gasteiger partial charge is 0.255 e. The van der Waals surface area contributed by atoms with Gasteiger partial charge in [0.05, 0.1) is 11.6 Å². The summed E-state index contributed by atoms with van der Waals surface area (Å²) >= 11 is 0. The highest BCUT2D eigenvalue weighted by molar-refractivity contribution is 6.24. The number of aliphatic hydroxyl groups is 3. The highest BCUT2D eigenvalue weighted by Gasteiger charge is 2.64. The lowest BCUT2D eigenvalue weighted by atomic mass is 9.57. The van der Waals surface area contributed by atoms with Gasteiger partial charge in [0.1, 0.15) is 28.7 Å². The molecule has 0 bridgehead atoms. The molecule has 1 heterocycles. The molecule has 5 rings (SSSR count). The Morgan fingerprint density at radius 1 is 1.13 bits per heavy atom. The molecule has 3 aliphatic carbocycles. The van der Waals surface area contributed by atoms with Crippen LogP contribution in [0.5, 0.6) is 5.75 Å². The third-order valence-electron chi connectivity index (χ3n) is 8.96. The lowest BCUT2D eigenvalue weighted by molar-refractivity contribution is -0.153. The van der Waals surface area contributed by atoms with Crippen molar-refractivity contribution in [2.75, 3.05) is 20.6 Å². The summed E-state index contributed by atoms with van der Waals surface area (Å²) in [5, 5.41) is 45.3. The van der Waals surface area contributed by atoms with Gasteiger partial charge in [-0.05, 0) is 65.6 Å². The van der Waals surface area contributed by atoms with E-state index in [1.807, 2.05) is 20.8 Å². The average Bonchev–Trinajstić information content (AvgIpc) is 2.83. The van der Waals surface area contributed by atoms with Crippen molar-refractivity contribution in [1.29, 1.82) is 0 Å². The fourth-order valence-electron chi connectivity index (χ4n) is 6.96. The lowest BCUT2D eigenvalue weighted by Gasteiger charge is -2.50. The van der Waals surface area contributed by atoms with E-state index in [1.165, 1.54) is 19.0 Å². The molecule has 1 aromatic rings. The first-order valence-electron chi connectivity index (χ1n) is 13.0. The minimum Gasteiger partial charge on any atom is -0.508 e. The molecular weight excluding hydrogens is 509 g/mol. The third-order valence-corrected chi connectivity index (χ3v) is 8.96. The molecule has 39 heavy (non-hydrogen) atoms. The maximum absolute atomic E-state index is 16.0. The van der Waals surface area contributed by atoms with Crippen molar-refractivity contribution in [3.63, 3.8) is 0 Å². The molecule has 0 radical (unpaired) electrons. The van der Waals surface area contributed by atoms with Crippen molar-refractivity contribution in [2.45, 2.75) is 63.8 Å². The Labute approximate surface area is 225 Å². The number of primary amides is 1. The molecule has 1 aliphatic heterocycles. The predicted molar refractivity (Wildman–Crippen MR) is 138 cm³/mol. The number of Topliss-reactive ketones (excluding diaryl/α,β-unsaturated/α-hetero) is 2. The number of hydrogen-bond acceptors (Lipinski definition) is 9. The number of halogens is 1. The van der Waals surface area contributed by atoms with Crippen LogP contribution in [0.1, 0.15) is 49.4 Å². The van der Waals surface area contributed by atoms with Crippen LogP contribution in [0, 0.1) is 17.7 Å². The Hall–Kier alpha value is -3.28. The fourth-order valence-corrected chi connectivity index (χ4v) is 6.96. The molecule has 10 nitrogen and oxygen atoms in total. The van der Waals surface area contributed by atoms with Crippen molar-refractivity contribution in [1.82, 2.24) is 9.80 Å². The lowest BCUT2D eigenvalue weighted by Crippen LogP contribution is -2.65. The van der Waals surface area contributed by atoms with Crippen molar-refractivity contribution in [3.05, 3.63) is 45.0 Å². The van der Waals surface area contributed by atoms with Gasteiger partial charge in [0, 0.05) is 41.2 Å². The molecule has 1 saturated carbocycles. The standard InChI is InChI=1S/C28H34FN3O7/c1-27(2,3)32-7-6-12-14(10-32)21(33)17-13(19(12)29)8-11-9-15-20(31(4)5)23(35)18(26(30)38)25(37)28(15,39)24(36)16(11)22(17)34/h11,15,20,33-34,37,39H,6-10H2,1-5H3,(H2,30,38)/t11-,15-,20-,28-/m0/s1. The molecule has 210 valence electrons. The van der Waals surface area contributed by atoms with Crippen molar-refractivity contribution in [3.8, 4) is 5.75 Å². The van der Waals surface area contributed by atoms with Crippen LogP contribution >= 0.6 is 0 Å². The van der Waals surface area contributed by atoms with Crippen molar-refractivity contribution in [2.24, 2.45) is 17.6 Å². The van der Waals surface area contributed by atoms with Gasteiger partial charge < -0.3 is 26.2 Å². The zero-order valence-electron chi connectivity index (χ0n) is 22.6. The number of nitrogens with zero attached hydrogens (tertiary/aromatic N) is 2. The van der Waals surface area contributed by atoms with Gasteiger partial charge in [0.2, 0.25) is 5.78 Å². The minimum atomic E-state index is -2.73. The quantitative estimate of drug-likeness (QED) is 0.345. The summed E-state index contributed by atoms with van der Waals surface area (Å²) in [5.41, 5.74) is 1.75. The summed E-state index contributed by atoms with van der Waals surface area (Å²) < 4.78 is 16.0. The van der Waals surface area contributed by atoms with E-state index in [0.29, 0.717) is 24.1 Å². The van der Waals surface area contributed by atoms with Gasteiger partial charge in [0.15, 0.2) is 11.4 Å². The molecule has 11 heteroatoms. The highest BCUT2D eigenvalue weighted by atomic mass is 19.1. The molecule has 4 aliphatic rings. The van der Waals surface area contributed by atoms with Gasteiger partial charge in [-0.1, -0.05) is 0 Å². The van der Waals surface area contributed by atoms with E-state index in [2.05, 4.69) is 4.90 Å². The number of nitrogens with two attached hydrogens (primary N) is 1. The van der Waals surface area contributed by atoms with E-state index in [9.17, 15) is 34.8 Å². The van der Waals surface area contributed by atoms with E-state index in [0.717, 1.165) is 0 Å². The van der Waals surface area contributed by atoms with Crippen LogP contribution < -0.4 is 5.73 Å². The molecule has 0 aromatic heterocycles. The SMILES string of the molecule is CN(C)[C@@H]1C(=O)C(C(N)=O)=C(O)[C@@]2(O)C(=O)C3=C(O)c4c(O)c5c(c(F)c4C[C@H]3C[C@@H]12)CCN(C(C)(C)C)C5. The predicted octanol–water partition coefficient (Wildman–Crippen LogP) is 1.26. The van der Waals surface area contributed by atoms with Crippen molar-refractivity contribution < 1.29 is 39.2 Å². The summed E-state index contributed by atoms with van der Waals surface area (Å²) in [6, 6.07) is -1.19. The second-order valence-corrected chi connectivity index (χ2v) is 12.3. The van der Waals surface area contributed by atoms with E-state index < -0.39 is 63.9 Å². The van der Waals surface area contributed by atoms with Gasteiger partial charge >= 0.3 is 0 Å². The zero-order valence-corrected chi connectivity index (χ0v) is 22.6. The summed E-state index contributed by atoms with van der Waals surface area (Å²) in [4.78, 5) is 42.7. The van der Waals surface area contributed by atoms with Crippen LogP contribution in [-0.4, -0.2) is 85.5 Å². The summed E-state index contributed by atoms with van der Waals surface area (Å²) in [6.07, 6.45) is 0.208. The van der Waals surface area contributed by atoms with Crippen LogP contribution in [0.15, 0.2) is 16.9 Å². The maximum atomic E-state index is 16.0. The molecule has 1 fully saturated rings. The molecule has 0 saturated heterocycles. The first-order chi connectivity index (χ1) is 18.0. The van der Waals surface area contributed by atoms with Gasteiger partial charge in [-0.15, -0.1) is 0 Å². The number of rotatable bonds is 2. The normalized spacial score (nSPS) is 29.3. The Morgan fingerprint density at radius 2 is 1.77 bits per heavy atom. The number of benzene rings is 1. The molecule has 0 unspecified atom stereocenters. The summed E-state index contributed by atoms with van der Waals surface area (Å²) in [6.45, 7) is 6.82. The number of carbonyl (C=O) groups excluding carboxylic acids is 3. The van der Waals surface area contributed by atoms with Crippen LogP contribution in [0.3, 0.4) is 0 Å². The maximum Gasteiger partial charge on any atom is 0.255 e. The van der Waals surface area contributed by atoms with Crippen LogP contribution in [0.2, 0.25) is 0 Å². The topological polar surface area (TPSA) is 165 Å². The van der Waals surface area contributed by atoms with Gasteiger partial charge in [-0.3, -0.25) is 24.2 Å². The Balaban J connectivity index is 1.71. The number of fused-ring (bicyclic) bond motifs is 4. The number of aromatic hydroxyl groups is 1. The molecule has 4 atom stereocenters. The number of likely N-dealkylation sites (N-methyl/N-ethyl adjacent to an activating group) is 1. The van der Waals surface area contributed by atoms with E-state index in [-0.39, 0.29) is 47.4 Å². The van der Waals surface area contributed by atoms with Gasteiger partial charge in [-0.25, -0.2) is 4.39 Å². The molecule has 1 aromatic carbocycles. The van der Waals surface area contributed by atoms with Crippen molar-refractivity contribution >= 4 is 23.2 Å². The first kappa shape index (κ1) is 27.3. The molecular formula is C28H34FN3O7. The van der Waals surface area contributed by atoms with Crippen LogP contribution in [0.4, 0.5) is 4.39 Å². The number of carbonyl (C=O) groups is 3. The minimum absolute atomic E-state index is 0.0653. The number of phenolic OH excluding ortho intramolecular Hbond substituents is 1.